The molecule has 0 atom stereocenters. The summed E-state index contributed by atoms with van der Waals surface area (Å²) >= 11 is 0. The molecular formula is C16H18N4O. The van der Waals surface area contributed by atoms with Crippen molar-refractivity contribution in [2.24, 2.45) is 0 Å². The van der Waals surface area contributed by atoms with E-state index in [2.05, 4.69) is 16.0 Å². The molecule has 0 unspecified atom stereocenters. The van der Waals surface area contributed by atoms with Crippen molar-refractivity contribution < 1.29 is 4.74 Å². The third kappa shape index (κ3) is 3.29. The van der Waals surface area contributed by atoms with Gasteiger partial charge in [-0.2, -0.15) is 5.26 Å². The average Bonchev–Trinajstić information content (AvgIpc) is 2.55. The summed E-state index contributed by atoms with van der Waals surface area (Å²) < 4.78 is 5.23. The van der Waals surface area contributed by atoms with E-state index in [4.69, 9.17) is 4.74 Å². The van der Waals surface area contributed by atoms with Gasteiger partial charge >= 0.3 is 0 Å². The third-order valence-electron chi connectivity index (χ3n) is 3.24. The number of benzene rings is 1. The van der Waals surface area contributed by atoms with Gasteiger partial charge in [0.2, 0.25) is 5.95 Å². The predicted octanol–water partition coefficient (Wildman–Crippen LogP) is 2.87. The minimum Gasteiger partial charge on any atom is -0.497 e. The Labute approximate surface area is 124 Å². The lowest BCUT2D eigenvalue weighted by Crippen LogP contribution is -2.24. The van der Waals surface area contributed by atoms with E-state index in [1.54, 1.807) is 13.2 Å². The highest BCUT2D eigenvalue weighted by molar-refractivity contribution is 5.63. The Bertz CT molecular complexity index is 660. The van der Waals surface area contributed by atoms with Crippen LogP contribution in [0, 0.1) is 11.3 Å². The van der Waals surface area contributed by atoms with Crippen LogP contribution in [-0.2, 0) is 0 Å². The first-order valence-electron chi connectivity index (χ1n) is 6.90. The molecule has 0 radical (unpaired) electrons. The highest BCUT2D eigenvalue weighted by Crippen LogP contribution is 2.24. The summed E-state index contributed by atoms with van der Waals surface area (Å²) in [6, 6.07) is 11.4. The molecule has 0 bridgehead atoms. The molecule has 0 aliphatic heterocycles. The number of hydrogen-bond acceptors (Lipinski definition) is 5. The van der Waals surface area contributed by atoms with Gasteiger partial charge in [-0.1, -0.05) is 12.1 Å². The predicted molar refractivity (Wildman–Crippen MR) is 82.3 cm³/mol. The molecule has 2 aromatic rings. The van der Waals surface area contributed by atoms with Crippen molar-refractivity contribution in [3.8, 4) is 23.1 Å². The normalized spacial score (nSPS) is 10.0. The topological polar surface area (TPSA) is 62.0 Å². The zero-order valence-electron chi connectivity index (χ0n) is 12.5. The van der Waals surface area contributed by atoms with Crippen molar-refractivity contribution in [2.45, 2.75) is 13.8 Å². The first-order valence-corrected chi connectivity index (χ1v) is 6.90. The molecule has 0 N–H and O–H groups in total. The smallest absolute Gasteiger partial charge is 0.227 e. The first-order chi connectivity index (χ1) is 10.2. The molecule has 1 aromatic heterocycles. The molecule has 5 nitrogen and oxygen atoms in total. The van der Waals surface area contributed by atoms with Crippen LogP contribution in [0.5, 0.6) is 5.75 Å². The van der Waals surface area contributed by atoms with Crippen LogP contribution in [-0.4, -0.2) is 30.2 Å². The van der Waals surface area contributed by atoms with Gasteiger partial charge in [-0.25, -0.2) is 9.97 Å². The van der Waals surface area contributed by atoms with Gasteiger partial charge in [0.05, 0.1) is 12.8 Å². The van der Waals surface area contributed by atoms with Crippen LogP contribution in [0.4, 0.5) is 5.95 Å². The second kappa shape index (κ2) is 6.71. The van der Waals surface area contributed by atoms with Crippen molar-refractivity contribution in [1.82, 2.24) is 9.97 Å². The molecule has 0 saturated carbocycles. The van der Waals surface area contributed by atoms with Crippen molar-refractivity contribution >= 4 is 5.95 Å². The molecular weight excluding hydrogens is 264 g/mol. The molecule has 0 spiro atoms. The van der Waals surface area contributed by atoms with E-state index >= 15 is 0 Å². The number of nitriles is 1. The maximum Gasteiger partial charge on any atom is 0.227 e. The summed E-state index contributed by atoms with van der Waals surface area (Å²) in [4.78, 5) is 10.9. The Kier molecular flexibility index (Phi) is 4.72. The van der Waals surface area contributed by atoms with Crippen LogP contribution in [0.15, 0.2) is 30.3 Å². The van der Waals surface area contributed by atoms with Gasteiger partial charge in [0, 0.05) is 24.7 Å². The average molecular weight is 282 g/mol. The summed E-state index contributed by atoms with van der Waals surface area (Å²) in [5.74, 6) is 1.34. The maximum atomic E-state index is 9.18. The molecule has 2 rings (SSSR count). The second-order valence-electron chi connectivity index (χ2n) is 4.45. The lowest BCUT2D eigenvalue weighted by Gasteiger charge is -2.19. The van der Waals surface area contributed by atoms with Crippen LogP contribution < -0.4 is 9.64 Å². The fourth-order valence-corrected chi connectivity index (χ4v) is 2.07. The van der Waals surface area contributed by atoms with E-state index in [1.165, 1.54) is 0 Å². The minimum absolute atomic E-state index is 0.365. The van der Waals surface area contributed by atoms with Gasteiger partial charge in [-0.3, -0.25) is 0 Å². The zero-order valence-corrected chi connectivity index (χ0v) is 12.5. The van der Waals surface area contributed by atoms with Gasteiger partial charge in [0.1, 0.15) is 17.5 Å². The molecule has 0 aliphatic carbocycles. The van der Waals surface area contributed by atoms with E-state index in [0.29, 0.717) is 11.6 Å². The van der Waals surface area contributed by atoms with Crippen LogP contribution in [0.1, 0.15) is 19.5 Å². The van der Waals surface area contributed by atoms with E-state index in [9.17, 15) is 5.26 Å². The Balaban J connectivity index is 2.52. The van der Waals surface area contributed by atoms with Crippen LogP contribution in [0.25, 0.3) is 11.3 Å². The van der Waals surface area contributed by atoms with E-state index in [1.807, 2.05) is 43.0 Å². The van der Waals surface area contributed by atoms with Crippen molar-refractivity contribution in [3.05, 3.63) is 36.0 Å². The van der Waals surface area contributed by atoms with Gasteiger partial charge in [0.25, 0.3) is 0 Å². The monoisotopic (exact) mass is 282 g/mol. The molecule has 21 heavy (non-hydrogen) atoms. The number of anilines is 1. The van der Waals surface area contributed by atoms with Gasteiger partial charge in [0.15, 0.2) is 0 Å². The largest absolute Gasteiger partial charge is 0.497 e. The minimum atomic E-state index is 0.365. The Morgan fingerprint density at radius 2 is 1.95 bits per heavy atom. The van der Waals surface area contributed by atoms with Crippen LogP contribution >= 0.6 is 0 Å². The fraction of sp³-hybridized carbons (Fsp3) is 0.312. The molecule has 1 aromatic carbocycles. The molecule has 108 valence electrons. The number of rotatable bonds is 5. The van der Waals surface area contributed by atoms with E-state index in [-0.39, 0.29) is 0 Å². The number of ether oxygens (including phenoxy) is 1. The number of aromatic nitrogens is 2. The summed E-state index contributed by atoms with van der Waals surface area (Å²) in [6.45, 7) is 5.67. The third-order valence-corrected chi connectivity index (χ3v) is 3.24. The molecule has 0 fully saturated rings. The Morgan fingerprint density at radius 3 is 2.57 bits per heavy atom. The maximum absolute atomic E-state index is 9.18. The van der Waals surface area contributed by atoms with E-state index in [0.717, 1.165) is 30.1 Å². The van der Waals surface area contributed by atoms with E-state index < -0.39 is 0 Å². The number of nitrogens with zero attached hydrogens (tertiary/aromatic N) is 4. The quantitative estimate of drug-likeness (QED) is 0.843. The van der Waals surface area contributed by atoms with Crippen LogP contribution in [0.2, 0.25) is 0 Å². The fourth-order valence-electron chi connectivity index (χ4n) is 2.07. The highest BCUT2D eigenvalue weighted by Gasteiger charge is 2.11. The van der Waals surface area contributed by atoms with Gasteiger partial charge in [-0.15, -0.1) is 0 Å². The Morgan fingerprint density at radius 1 is 1.19 bits per heavy atom. The zero-order chi connectivity index (χ0) is 15.2. The van der Waals surface area contributed by atoms with Crippen molar-refractivity contribution in [2.75, 3.05) is 25.1 Å². The molecule has 0 amide bonds. The summed E-state index contributed by atoms with van der Waals surface area (Å²) in [5.41, 5.74) is 1.99. The second-order valence-corrected chi connectivity index (χ2v) is 4.45. The summed E-state index contributed by atoms with van der Waals surface area (Å²) in [6.07, 6.45) is 0. The number of hydrogen-bond donors (Lipinski definition) is 0. The molecule has 0 saturated heterocycles. The van der Waals surface area contributed by atoms with Gasteiger partial charge < -0.3 is 9.64 Å². The van der Waals surface area contributed by atoms with Gasteiger partial charge in [-0.05, 0) is 26.0 Å². The van der Waals surface area contributed by atoms with Crippen molar-refractivity contribution in [3.63, 3.8) is 0 Å². The molecule has 1 heterocycles. The van der Waals surface area contributed by atoms with Crippen LogP contribution in [0.3, 0.4) is 0 Å². The first kappa shape index (κ1) is 14.8. The highest BCUT2D eigenvalue weighted by atomic mass is 16.5. The SMILES string of the molecule is CCN(CC)c1nc(C#N)cc(-c2cccc(OC)c2)n1. The molecule has 0 aliphatic rings. The van der Waals surface area contributed by atoms with Crippen molar-refractivity contribution in [1.29, 1.82) is 5.26 Å². The lowest BCUT2D eigenvalue weighted by atomic mass is 10.1. The number of methoxy groups -OCH3 is 1. The Hall–Kier alpha value is -2.61. The summed E-state index contributed by atoms with van der Waals surface area (Å²) in [7, 11) is 1.63. The molecule has 5 heteroatoms. The lowest BCUT2D eigenvalue weighted by molar-refractivity contribution is 0.415. The standard InChI is InChI=1S/C16H18N4O/c1-4-20(5-2)16-18-13(11-17)10-15(19-16)12-7-6-8-14(9-12)21-3/h6-10H,4-5H2,1-3H3. The summed E-state index contributed by atoms with van der Waals surface area (Å²) in [5, 5.41) is 9.18.